The Morgan fingerprint density at radius 3 is 2.61 bits per heavy atom. The third-order valence-electron chi connectivity index (χ3n) is 2.61. The van der Waals surface area contributed by atoms with Crippen LogP contribution in [0.1, 0.15) is 33.3 Å². The van der Waals surface area contributed by atoms with E-state index in [1.54, 1.807) is 23.5 Å². The molecule has 0 amide bonds. The molecule has 126 valence electrons. The minimum absolute atomic E-state index is 0.0640. The molecule has 0 spiro atoms. The Hall–Kier alpha value is -1.40. The summed E-state index contributed by atoms with van der Waals surface area (Å²) in [6.07, 6.45) is 1.85. The molecule has 0 fully saturated rings. The maximum Gasteiger partial charge on any atom is 0.126 e. The maximum atomic E-state index is 6.03. The molecule has 4 nitrogen and oxygen atoms in total. The van der Waals surface area contributed by atoms with Gasteiger partial charge in [-0.1, -0.05) is 26.8 Å². The fourth-order valence-electron chi connectivity index (χ4n) is 1.61. The van der Waals surface area contributed by atoms with Gasteiger partial charge in [0.05, 0.1) is 16.5 Å². The predicted molar refractivity (Wildman–Crippen MR) is 107 cm³/mol. The number of anilines is 1. The van der Waals surface area contributed by atoms with Gasteiger partial charge in [-0.3, -0.25) is 4.99 Å². The minimum Gasteiger partial charge on any atom is -0.401 e. The molecule has 0 aliphatic heterocycles. The van der Waals surface area contributed by atoms with Crippen molar-refractivity contribution in [2.45, 2.75) is 39.4 Å². The molecule has 0 bridgehead atoms. The highest BCUT2D eigenvalue weighted by Crippen LogP contribution is 2.37. The van der Waals surface area contributed by atoms with Crippen molar-refractivity contribution in [2.24, 2.45) is 10.7 Å². The molecule has 0 aliphatic rings. The van der Waals surface area contributed by atoms with Crippen molar-refractivity contribution < 1.29 is 0 Å². The van der Waals surface area contributed by atoms with Gasteiger partial charge in [-0.2, -0.15) is 0 Å². The highest BCUT2D eigenvalue weighted by molar-refractivity contribution is 8.05. The van der Waals surface area contributed by atoms with Crippen LogP contribution in [0, 0.1) is 6.92 Å². The Kier molecular flexibility index (Phi) is 7.72. The highest BCUT2D eigenvalue weighted by atomic mass is 32.2. The molecule has 0 atom stereocenters. The number of thioether (sulfide) groups is 2. The Balaban J connectivity index is 2.68. The van der Waals surface area contributed by atoms with Crippen LogP contribution in [0.4, 0.5) is 5.82 Å². The molecule has 0 unspecified atom stereocenters. The fourth-order valence-corrected chi connectivity index (χ4v) is 3.35. The van der Waals surface area contributed by atoms with Gasteiger partial charge in [-0.15, -0.1) is 23.5 Å². The molecule has 23 heavy (non-hydrogen) atoms. The number of hydrogen-bond donors (Lipinski definition) is 2. The van der Waals surface area contributed by atoms with Crippen LogP contribution in [-0.4, -0.2) is 22.3 Å². The van der Waals surface area contributed by atoms with Gasteiger partial charge in [0.15, 0.2) is 0 Å². The van der Waals surface area contributed by atoms with Crippen molar-refractivity contribution in [3.63, 3.8) is 0 Å². The minimum atomic E-state index is 0.0640. The summed E-state index contributed by atoms with van der Waals surface area (Å²) in [7, 11) is 0. The Morgan fingerprint density at radius 2 is 2.13 bits per heavy atom. The van der Waals surface area contributed by atoms with Crippen molar-refractivity contribution in [3.8, 4) is 0 Å². The standard InChI is InChI=1S/C17H26N4S2/c1-12-7-8-15(20-9-12)21-11-22-10-14(19-6)16(13(2)18)23-17(3,4)5/h7-10H,6,11,18H2,1-5H3,(H,20,21)/b14-10-,16-13-. The number of pyridine rings is 1. The average molecular weight is 351 g/mol. The summed E-state index contributed by atoms with van der Waals surface area (Å²) in [6.45, 7) is 14.0. The largest absolute Gasteiger partial charge is 0.401 e. The van der Waals surface area contributed by atoms with Crippen LogP contribution in [0.15, 0.2) is 45.0 Å². The summed E-state index contributed by atoms with van der Waals surface area (Å²) in [5.41, 5.74) is 8.75. The quantitative estimate of drug-likeness (QED) is 0.321. The molecule has 0 aliphatic carbocycles. The van der Waals surface area contributed by atoms with Crippen molar-refractivity contribution in [1.82, 2.24) is 4.98 Å². The number of rotatable bonds is 7. The lowest BCUT2D eigenvalue weighted by molar-refractivity contribution is 0.806. The Labute approximate surface area is 148 Å². The first-order chi connectivity index (χ1) is 10.7. The normalized spacial score (nSPS) is 13.5. The molecule has 1 heterocycles. The smallest absolute Gasteiger partial charge is 0.126 e. The molecule has 0 radical (unpaired) electrons. The van der Waals surface area contributed by atoms with Crippen LogP contribution < -0.4 is 11.1 Å². The predicted octanol–water partition coefficient (Wildman–Crippen LogP) is 4.76. The lowest BCUT2D eigenvalue weighted by Crippen LogP contribution is -2.10. The van der Waals surface area contributed by atoms with E-state index in [1.165, 1.54) is 0 Å². The third-order valence-corrected chi connectivity index (χ3v) is 4.66. The summed E-state index contributed by atoms with van der Waals surface area (Å²) in [4.78, 5) is 9.43. The van der Waals surface area contributed by atoms with E-state index in [0.717, 1.165) is 27.7 Å². The second kappa shape index (κ2) is 9.03. The van der Waals surface area contributed by atoms with Gasteiger partial charge in [0.2, 0.25) is 0 Å². The number of nitrogens with one attached hydrogen (secondary N) is 1. The summed E-state index contributed by atoms with van der Waals surface area (Å²) < 4.78 is 0.0640. The second-order valence-electron chi connectivity index (χ2n) is 6.10. The van der Waals surface area contributed by atoms with Crippen LogP contribution in [0.2, 0.25) is 0 Å². The number of aromatic nitrogens is 1. The Morgan fingerprint density at radius 1 is 1.43 bits per heavy atom. The monoisotopic (exact) mass is 350 g/mol. The van der Waals surface area contributed by atoms with E-state index in [9.17, 15) is 0 Å². The number of aryl methyl sites for hydroxylation is 1. The number of hydrogen-bond acceptors (Lipinski definition) is 6. The van der Waals surface area contributed by atoms with Gasteiger partial charge in [0.1, 0.15) is 5.82 Å². The first-order valence-electron chi connectivity index (χ1n) is 7.33. The van der Waals surface area contributed by atoms with E-state index < -0.39 is 0 Å². The molecule has 1 rings (SSSR count). The van der Waals surface area contributed by atoms with Gasteiger partial charge in [-0.25, -0.2) is 4.98 Å². The van der Waals surface area contributed by atoms with E-state index in [2.05, 4.69) is 42.8 Å². The molecule has 1 aromatic heterocycles. The topological polar surface area (TPSA) is 63.3 Å². The molecule has 0 saturated heterocycles. The summed E-state index contributed by atoms with van der Waals surface area (Å²) >= 11 is 3.31. The lowest BCUT2D eigenvalue weighted by Gasteiger charge is -2.21. The van der Waals surface area contributed by atoms with E-state index in [0.29, 0.717) is 5.88 Å². The lowest BCUT2D eigenvalue weighted by atomic mass is 10.3. The van der Waals surface area contributed by atoms with Crippen molar-refractivity contribution in [2.75, 3.05) is 11.2 Å². The SMILES string of the molecule is C=NC(=C\SCNc1ccc(C)cn1)/C(SC(C)(C)C)=C(\C)N. The number of aliphatic imine (C=N–C) groups is 1. The average Bonchev–Trinajstić information content (AvgIpc) is 2.46. The summed E-state index contributed by atoms with van der Waals surface area (Å²) in [5, 5.41) is 5.24. The molecule has 1 aromatic rings. The van der Waals surface area contributed by atoms with Crippen molar-refractivity contribution >= 4 is 36.1 Å². The first kappa shape index (κ1) is 19.6. The number of nitrogens with two attached hydrogens (primary N) is 1. The van der Waals surface area contributed by atoms with E-state index in [4.69, 9.17) is 5.73 Å². The number of nitrogens with zero attached hydrogens (tertiary/aromatic N) is 2. The number of allylic oxidation sites excluding steroid dienone is 1. The molecule has 3 N–H and O–H groups in total. The van der Waals surface area contributed by atoms with E-state index in [-0.39, 0.29) is 4.75 Å². The van der Waals surface area contributed by atoms with Crippen LogP contribution in [0.5, 0.6) is 0 Å². The van der Waals surface area contributed by atoms with Crippen LogP contribution in [0.3, 0.4) is 0 Å². The second-order valence-corrected chi connectivity index (χ2v) is 8.79. The Bertz CT molecular complexity index is 580. The molecule has 6 heteroatoms. The molecule has 0 aromatic carbocycles. The zero-order chi connectivity index (χ0) is 17.5. The molecule has 0 saturated carbocycles. The van der Waals surface area contributed by atoms with Gasteiger partial charge >= 0.3 is 0 Å². The fraction of sp³-hybridized carbons (Fsp3) is 0.412. The summed E-state index contributed by atoms with van der Waals surface area (Å²) in [5.74, 6) is 1.56. The first-order valence-corrected chi connectivity index (χ1v) is 9.20. The van der Waals surface area contributed by atoms with Gasteiger partial charge < -0.3 is 11.1 Å². The van der Waals surface area contributed by atoms with Gasteiger partial charge in [-0.05, 0) is 37.6 Å². The van der Waals surface area contributed by atoms with E-state index in [1.807, 2.05) is 37.6 Å². The van der Waals surface area contributed by atoms with Gasteiger partial charge in [0, 0.05) is 16.6 Å². The van der Waals surface area contributed by atoms with Crippen molar-refractivity contribution in [1.29, 1.82) is 0 Å². The zero-order valence-corrected chi connectivity index (χ0v) is 16.1. The highest BCUT2D eigenvalue weighted by Gasteiger charge is 2.18. The third kappa shape index (κ3) is 7.61. The van der Waals surface area contributed by atoms with Crippen LogP contribution in [-0.2, 0) is 0 Å². The molecular formula is C17H26N4S2. The van der Waals surface area contributed by atoms with Gasteiger partial charge in [0.25, 0.3) is 0 Å². The van der Waals surface area contributed by atoms with Crippen molar-refractivity contribution in [3.05, 3.63) is 45.6 Å². The van der Waals surface area contributed by atoms with Crippen LogP contribution >= 0.6 is 23.5 Å². The maximum absolute atomic E-state index is 6.03. The van der Waals surface area contributed by atoms with Crippen LogP contribution in [0.25, 0.3) is 0 Å². The van der Waals surface area contributed by atoms with E-state index >= 15 is 0 Å². The summed E-state index contributed by atoms with van der Waals surface area (Å²) in [6, 6.07) is 4.00. The molecular weight excluding hydrogens is 324 g/mol. The zero-order valence-electron chi connectivity index (χ0n) is 14.5.